The Morgan fingerprint density at radius 1 is 1.13 bits per heavy atom. The maximum atomic E-state index is 12.9. The summed E-state index contributed by atoms with van der Waals surface area (Å²) in [6, 6.07) is 13.8. The lowest BCUT2D eigenvalue weighted by atomic mass is 10.2. The Kier molecular flexibility index (Phi) is 4.47. The second-order valence-electron chi connectivity index (χ2n) is 4.79. The molecule has 0 saturated carbocycles. The van der Waals surface area contributed by atoms with Crippen molar-refractivity contribution in [2.45, 2.75) is 10.9 Å². The van der Waals surface area contributed by atoms with Gasteiger partial charge in [0.25, 0.3) is 0 Å². The standard InChI is InChI=1S/C16H15FN4OS/c1-22-14-5-3-2-4-13(14)15-19-20-16(21(15)18)23-10-11-6-8-12(17)9-7-11/h2-9H,10,18H2,1H3. The van der Waals surface area contributed by atoms with Crippen molar-refractivity contribution >= 4 is 11.8 Å². The van der Waals surface area contributed by atoms with E-state index in [1.165, 1.54) is 28.6 Å². The minimum absolute atomic E-state index is 0.251. The molecule has 2 aromatic carbocycles. The molecule has 3 rings (SSSR count). The van der Waals surface area contributed by atoms with E-state index in [0.29, 0.717) is 22.5 Å². The van der Waals surface area contributed by atoms with Crippen LogP contribution < -0.4 is 10.6 Å². The van der Waals surface area contributed by atoms with Crippen LogP contribution in [0.15, 0.2) is 53.7 Å². The molecule has 1 heterocycles. The molecule has 0 aliphatic heterocycles. The number of halogens is 1. The van der Waals surface area contributed by atoms with Crippen LogP contribution in [0.5, 0.6) is 5.75 Å². The smallest absolute Gasteiger partial charge is 0.210 e. The van der Waals surface area contributed by atoms with Gasteiger partial charge >= 0.3 is 0 Å². The third-order valence-corrected chi connectivity index (χ3v) is 4.31. The van der Waals surface area contributed by atoms with Gasteiger partial charge < -0.3 is 10.6 Å². The molecular formula is C16H15FN4OS. The van der Waals surface area contributed by atoms with Crippen molar-refractivity contribution in [3.05, 3.63) is 59.9 Å². The first-order valence-corrected chi connectivity index (χ1v) is 7.88. The molecule has 0 spiro atoms. The first-order valence-electron chi connectivity index (χ1n) is 6.90. The van der Waals surface area contributed by atoms with Crippen molar-refractivity contribution in [2.24, 2.45) is 0 Å². The van der Waals surface area contributed by atoms with Crippen LogP contribution in [-0.2, 0) is 5.75 Å². The van der Waals surface area contributed by atoms with Crippen molar-refractivity contribution in [3.8, 4) is 17.1 Å². The zero-order valence-corrected chi connectivity index (χ0v) is 13.3. The fraction of sp³-hybridized carbons (Fsp3) is 0.125. The number of ether oxygens (including phenoxy) is 1. The van der Waals surface area contributed by atoms with Crippen molar-refractivity contribution in [1.29, 1.82) is 0 Å². The van der Waals surface area contributed by atoms with E-state index < -0.39 is 0 Å². The summed E-state index contributed by atoms with van der Waals surface area (Å²) in [5, 5.41) is 8.85. The molecule has 0 amide bonds. The molecule has 2 N–H and O–H groups in total. The summed E-state index contributed by atoms with van der Waals surface area (Å²) in [4.78, 5) is 0. The number of methoxy groups -OCH3 is 1. The van der Waals surface area contributed by atoms with Crippen LogP contribution in [0.2, 0.25) is 0 Å². The van der Waals surface area contributed by atoms with E-state index in [2.05, 4.69) is 10.2 Å². The molecule has 7 heteroatoms. The summed E-state index contributed by atoms with van der Waals surface area (Å²) >= 11 is 1.44. The van der Waals surface area contributed by atoms with Gasteiger partial charge in [0.05, 0.1) is 12.7 Å². The van der Waals surface area contributed by atoms with Crippen LogP contribution in [0.1, 0.15) is 5.56 Å². The number of rotatable bonds is 5. The molecule has 0 unspecified atom stereocenters. The Bertz CT molecular complexity index is 804. The zero-order chi connectivity index (χ0) is 16.2. The Labute approximate surface area is 137 Å². The molecule has 118 valence electrons. The molecule has 3 aromatic rings. The van der Waals surface area contributed by atoms with Crippen LogP contribution in [0, 0.1) is 5.82 Å². The summed E-state index contributed by atoms with van der Waals surface area (Å²) in [5.74, 6) is 7.69. The molecule has 0 saturated heterocycles. The minimum Gasteiger partial charge on any atom is -0.496 e. The number of hydrogen-bond acceptors (Lipinski definition) is 5. The van der Waals surface area contributed by atoms with E-state index in [4.69, 9.17) is 10.6 Å². The number of aromatic nitrogens is 3. The van der Waals surface area contributed by atoms with Gasteiger partial charge in [-0.05, 0) is 29.8 Å². The third kappa shape index (κ3) is 3.29. The SMILES string of the molecule is COc1ccccc1-c1nnc(SCc2ccc(F)cc2)n1N. The van der Waals surface area contributed by atoms with Gasteiger partial charge in [-0.3, -0.25) is 0 Å². The molecule has 0 aliphatic carbocycles. The Balaban J connectivity index is 1.80. The van der Waals surface area contributed by atoms with Crippen LogP contribution >= 0.6 is 11.8 Å². The summed E-state index contributed by atoms with van der Waals surface area (Å²) in [6.07, 6.45) is 0. The second kappa shape index (κ2) is 6.70. The maximum Gasteiger partial charge on any atom is 0.210 e. The van der Waals surface area contributed by atoms with E-state index in [1.54, 1.807) is 19.2 Å². The summed E-state index contributed by atoms with van der Waals surface area (Å²) in [6.45, 7) is 0. The van der Waals surface area contributed by atoms with E-state index >= 15 is 0 Å². The van der Waals surface area contributed by atoms with Gasteiger partial charge in [-0.1, -0.05) is 36.0 Å². The van der Waals surface area contributed by atoms with Crippen molar-refractivity contribution in [3.63, 3.8) is 0 Å². The van der Waals surface area contributed by atoms with Crippen LogP contribution in [-0.4, -0.2) is 22.0 Å². The van der Waals surface area contributed by atoms with E-state index in [1.807, 2.05) is 24.3 Å². The second-order valence-corrected chi connectivity index (χ2v) is 5.73. The van der Waals surface area contributed by atoms with Crippen molar-refractivity contribution < 1.29 is 9.13 Å². The van der Waals surface area contributed by atoms with Crippen LogP contribution in [0.4, 0.5) is 4.39 Å². The van der Waals surface area contributed by atoms with E-state index in [-0.39, 0.29) is 5.82 Å². The minimum atomic E-state index is -0.251. The van der Waals surface area contributed by atoms with Crippen LogP contribution in [0.25, 0.3) is 11.4 Å². The predicted octanol–water partition coefficient (Wildman–Crippen LogP) is 3.10. The Morgan fingerprint density at radius 2 is 1.87 bits per heavy atom. The van der Waals surface area contributed by atoms with Crippen molar-refractivity contribution in [1.82, 2.24) is 14.9 Å². The molecule has 0 radical (unpaired) electrons. The highest BCUT2D eigenvalue weighted by Gasteiger charge is 2.15. The van der Waals surface area contributed by atoms with Gasteiger partial charge in [-0.15, -0.1) is 10.2 Å². The number of hydrogen-bond donors (Lipinski definition) is 1. The number of nitrogens with zero attached hydrogens (tertiary/aromatic N) is 3. The molecule has 0 fully saturated rings. The normalized spacial score (nSPS) is 10.7. The van der Waals surface area contributed by atoms with Gasteiger partial charge in [0.2, 0.25) is 5.16 Å². The average Bonchev–Trinajstić information content (AvgIpc) is 2.95. The summed E-state index contributed by atoms with van der Waals surface area (Å²) < 4.78 is 19.7. The Morgan fingerprint density at radius 3 is 2.61 bits per heavy atom. The highest BCUT2D eigenvalue weighted by molar-refractivity contribution is 7.98. The molecule has 5 nitrogen and oxygen atoms in total. The van der Waals surface area contributed by atoms with Gasteiger partial charge in [0.1, 0.15) is 11.6 Å². The van der Waals surface area contributed by atoms with Crippen molar-refractivity contribution in [2.75, 3.05) is 13.0 Å². The monoisotopic (exact) mass is 330 g/mol. The first kappa shape index (κ1) is 15.4. The predicted molar refractivity (Wildman–Crippen MR) is 88.1 cm³/mol. The lowest BCUT2D eigenvalue weighted by Crippen LogP contribution is -2.11. The summed E-state index contributed by atoms with van der Waals surface area (Å²) in [7, 11) is 1.60. The number of nitrogens with two attached hydrogens (primary N) is 1. The molecule has 23 heavy (non-hydrogen) atoms. The molecule has 0 aliphatic rings. The molecular weight excluding hydrogens is 315 g/mol. The topological polar surface area (TPSA) is 66.0 Å². The maximum absolute atomic E-state index is 12.9. The fourth-order valence-electron chi connectivity index (χ4n) is 2.12. The van der Waals surface area contributed by atoms with Gasteiger partial charge in [0, 0.05) is 5.75 Å². The van der Waals surface area contributed by atoms with E-state index in [9.17, 15) is 4.39 Å². The largest absolute Gasteiger partial charge is 0.496 e. The zero-order valence-electron chi connectivity index (χ0n) is 12.4. The Hall–Kier alpha value is -2.54. The van der Waals surface area contributed by atoms with Gasteiger partial charge in [-0.25, -0.2) is 9.07 Å². The quantitative estimate of drug-likeness (QED) is 0.575. The lowest BCUT2D eigenvalue weighted by molar-refractivity contribution is 0.416. The number of nitrogen functional groups attached to an aromatic ring is 1. The number of thioether (sulfide) groups is 1. The average molecular weight is 330 g/mol. The lowest BCUT2D eigenvalue weighted by Gasteiger charge is -2.07. The molecule has 0 bridgehead atoms. The highest BCUT2D eigenvalue weighted by Crippen LogP contribution is 2.30. The van der Waals surface area contributed by atoms with Gasteiger partial charge in [0.15, 0.2) is 5.82 Å². The van der Waals surface area contributed by atoms with Gasteiger partial charge in [-0.2, -0.15) is 0 Å². The molecule has 1 aromatic heterocycles. The number of para-hydroxylation sites is 1. The molecule has 0 atom stereocenters. The summed E-state index contributed by atoms with van der Waals surface area (Å²) in [5.41, 5.74) is 1.76. The van der Waals surface area contributed by atoms with Crippen LogP contribution in [0.3, 0.4) is 0 Å². The fourth-order valence-corrected chi connectivity index (χ4v) is 2.93. The first-order chi connectivity index (χ1) is 11.2. The highest BCUT2D eigenvalue weighted by atomic mass is 32.2. The number of benzene rings is 2. The third-order valence-electron chi connectivity index (χ3n) is 3.29. The van der Waals surface area contributed by atoms with E-state index in [0.717, 1.165) is 11.1 Å².